The van der Waals surface area contributed by atoms with E-state index in [0.29, 0.717) is 0 Å². The van der Waals surface area contributed by atoms with E-state index in [9.17, 15) is 0 Å². The summed E-state index contributed by atoms with van der Waals surface area (Å²) in [6.07, 6.45) is 5.83. The number of benzene rings is 8. The summed E-state index contributed by atoms with van der Waals surface area (Å²) in [4.78, 5) is 5.49. The monoisotopic (exact) mass is 791 g/mol. The first-order valence-electron chi connectivity index (χ1n) is 21.5. The van der Waals surface area contributed by atoms with E-state index in [1.165, 1.54) is 71.3 Å². The molecule has 0 spiro atoms. The molecule has 8 aromatic carbocycles. The van der Waals surface area contributed by atoms with Crippen molar-refractivity contribution in [1.82, 2.24) is 14.1 Å². The molecule has 1 aliphatic carbocycles. The molecule has 0 aliphatic heterocycles. The predicted octanol–water partition coefficient (Wildman–Crippen LogP) is 13.5. The van der Waals surface area contributed by atoms with Crippen LogP contribution in [0.5, 0.6) is 0 Å². The average molecular weight is 792 g/mol. The fourth-order valence-corrected chi connectivity index (χ4v) is 9.62. The summed E-state index contributed by atoms with van der Waals surface area (Å²) < 4.78 is 4.78. The molecule has 11 aromatic rings. The van der Waals surface area contributed by atoms with Gasteiger partial charge in [0.15, 0.2) is 0 Å². The molecule has 1 unspecified atom stereocenters. The predicted molar refractivity (Wildman–Crippen MR) is 259 cm³/mol. The van der Waals surface area contributed by atoms with E-state index in [1.807, 2.05) is 0 Å². The largest absolute Gasteiger partial charge is 0.309 e. The quantitative estimate of drug-likeness (QED) is 0.158. The second kappa shape index (κ2) is 14.9. The van der Waals surface area contributed by atoms with Gasteiger partial charge in [-0.05, 0) is 93.9 Å². The molecule has 0 fully saturated rings. The highest BCUT2D eigenvalue weighted by Crippen LogP contribution is 2.36. The van der Waals surface area contributed by atoms with Crippen LogP contribution in [0.3, 0.4) is 0 Å². The first kappa shape index (κ1) is 35.9. The Labute approximate surface area is 360 Å². The maximum atomic E-state index is 5.49. The third-order valence-electron chi connectivity index (χ3n) is 12.7. The van der Waals surface area contributed by atoms with Gasteiger partial charge in [-0.15, -0.1) is 0 Å². The van der Waals surface area contributed by atoms with Gasteiger partial charge in [0.05, 0.1) is 27.6 Å². The van der Waals surface area contributed by atoms with Gasteiger partial charge in [-0.1, -0.05) is 182 Å². The summed E-state index contributed by atoms with van der Waals surface area (Å²) in [5, 5.41) is 6.25. The van der Waals surface area contributed by atoms with Crippen molar-refractivity contribution in [3.05, 3.63) is 235 Å². The number of fused-ring (bicyclic) bond motifs is 6. The van der Waals surface area contributed by atoms with Crippen LogP contribution in [-0.2, 0) is 0 Å². The summed E-state index contributed by atoms with van der Waals surface area (Å²) in [5.41, 5.74) is 15.2. The number of aromatic nitrogens is 3. The van der Waals surface area contributed by atoms with Crippen LogP contribution in [0, 0.1) is 0 Å². The molecule has 0 saturated heterocycles. The van der Waals surface area contributed by atoms with Crippen LogP contribution in [0.2, 0.25) is 0 Å². The van der Waals surface area contributed by atoms with E-state index in [1.54, 1.807) is 0 Å². The summed E-state index contributed by atoms with van der Waals surface area (Å²) in [6, 6.07) is 78.8. The Balaban J connectivity index is 0.998. The van der Waals surface area contributed by atoms with Crippen LogP contribution in [-0.4, -0.2) is 14.1 Å². The van der Waals surface area contributed by atoms with Crippen LogP contribution in [0.15, 0.2) is 218 Å². The van der Waals surface area contributed by atoms with E-state index < -0.39 is 0 Å². The molecule has 0 bridgehead atoms. The van der Waals surface area contributed by atoms with Gasteiger partial charge in [-0.2, -0.15) is 0 Å². The Bertz CT molecular complexity index is 3460. The van der Waals surface area contributed by atoms with E-state index in [2.05, 4.69) is 240 Å². The maximum Gasteiger partial charge on any atom is 0.138 e. The Hall–Kier alpha value is -8.01. The van der Waals surface area contributed by atoms with Gasteiger partial charge in [0.25, 0.3) is 0 Å². The zero-order chi connectivity index (χ0) is 41.0. The SMILES string of the molecule is C1=c2c(n(-c3cc(-c4ccc(-c5ccccc5)cc4)cc(-c4ccc(-c5ccccc5)cc4)n3)c3ccccc23)=CCC1c1ccc2c(c1)c1ccccc1n2-c1ccccc1. The Morgan fingerprint density at radius 2 is 0.903 bits per heavy atom. The summed E-state index contributed by atoms with van der Waals surface area (Å²) in [6.45, 7) is 0. The minimum absolute atomic E-state index is 0.228. The van der Waals surface area contributed by atoms with Crippen molar-refractivity contribution in [3.8, 4) is 56.1 Å². The lowest BCUT2D eigenvalue weighted by atomic mass is 9.90. The van der Waals surface area contributed by atoms with E-state index in [4.69, 9.17) is 4.98 Å². The van der Waals surface area contributed by atoms with E-state index in [-0.39, 0.29) is 5.92 Å². The van der Waals surface area contributed by atoms with Crippen molar-refractivity contribution in [3.63, 3.8) is 0 Å². The number of hydrogen-bond donors (Lipinski definition) is 0. The van der Waals surface area contributed by atoms with E-state index >= 15 is 0 Å². The van der Waals surface area contributed by atoms with Crippen LogP contribution in [0.1, 0.15) is 17.9 Å². The fraction of sp³-hybridized carbons (Fsp3) is 0.0339. The highest BCUT2D eigenvalue weighted by atomic mass is 15.1. The first-order valence-corrected chi connectivity index (χ1v) is 21.5. The summed E-state index contributed by atoms with van der Waals surface area (Å²) in [5.74, 6) is 1.14. The normalized spacial score (nSPS) is 13.5. The molecular weight excluding hydrogens is 751 g/mol. The minimum atomic E-state index is 0.228. The smallest absolute Gasteiger partial charge is 0.138 e. The van der Waals surface area contributed by atoms with Crippen LogP contribution >= 0.6 is 0 Å². The highest BCUT2D eigenvalue weighted by Gasteiger charge is 2.20. The molecule has 3 heterocycles. The van der Waals surface area contributed by atoms with Gasteiger partial charge in [-0.3, -0.25) is 4.57 Å². The molecule has 1 aliphatic rings. The fourth-order valence-electron chi connectivity index (χ4n) is 9.62. The van der Waals surface area contributed by atoms with Crippen molar-refractivity contribution < 1.29 is 0 Å². The lowest BCUT2D eigenvalue weighted by Crippen LogP contribution is -2.32. The van der Waals surface area contributed by atoms with Crippen molar-refractivity contribution in [2.24, 2.45) is 0 Å². The third kappa shape index (κ3) is 6.17. The van der Waals surface area contributed by atoms with Crippen molar-refractivity contribution in [1.29, 1.82) is 0 Å². The van der Waals surface area contributed by atoms with Gasteiger partial charge >= 0.3 is 0 Å². The first-order chi connectivity index (χ1) is 30.7. The molecule has 0 radical (unpaired) electrons. The Morgan fingerprint density at radius 3 is 1.56 bits per heavy atom. The van der Waals surface area contributed by atoms with Crippen LogP contribution in [0.25, 0.3) is 101 Å². The summed E-state index contributed by atoms with van der Waals surface area (Å²) in [7, 11) is 0. The second-order valence-electron chi connectivity index (χ2n) is 16.3. The van der Waals surface area contributed by atoms with Gasteiger partial charge in [0, 0.05) is 38.5 Å². The Morgan fingerprint density at radius 1 is 0.387 bits per heavy atom. The molecule has 3 nitrogen and oxygen atoms in total. The van der Waals surface area contributed by atoms with Crippen molar-refractivity contribution >= 4 is 44.9 Å². The van der Waals surface area contributed by atoms with Crippen LogP contribution in [0.4, 0.5) is 0 Å². The standard InChI is InChI=1S/C59H41N3/c1-4-14-40(15-5-1)42-24-26-44(27-25-42)48-38-54(45-30-28-43(29-31-45)41-16-6-2-7-17-41)60-59(39-48)62-56-23-13-11-21-51(56)53-37-47(33-35-58(53)62)46-32-34-57-52(36-46)50-20-10-12-22-55(50)61(57)49-18-8-3-9-19-49/h1-32,34-39,47H,33H2. The number of rotatable bonds is 7. The molecular formula is C59H41N3. The van der Waals surface area contributed by atoms with E-state index in [0.717, 1.165) is 40.1 Å². The molecule has 1 atom stereocenters. The van der Waals surface area contributed by atoms with Gasteiger partial charge < -0.3 is 4.57 Å². The van der Waals surface area contributed by atoms with Gasteiger partial charge in [-0.25, -0.2) is 4.98 Å². The second-order valence-corrected chi connectivity index (χ2v) is 16.3. The van der Waals surface area contributed by atoms with Crippen molar-refractivity contribution in [2.75, 3.05) is 0 Å². The lowest BCUT2D eigenvalue weighted by molar-refractivity contribution is 0.903. The lowest BCUT2D eigenvalue weighted by Gasteiger charge is -2.16. The summed E-state index contributed by atoms with van der Waals surface area (Å²) >= 11 is 0. The van der Waals surface area contributed by atoms with Gasteiger partial charge in [0.2, 0.25) is 0 Å². The van der Waals surface area contributed by atoms with Crippen molar-refractivity contribution in [2.45, 2.75) is 12.3 Å². The van der Waals surface area contributed by atoms with Crippen LogP contribution < -0.4 is 10.6 Å². The third-order valence-corrected chi connectivity index (χ3v) is 12.7. The molecule has 0 N–H and O–H groups in total. The maximum absolute atomic E-state index is 5.49. The van der Waals surface area contributed by atoms with Gasteiger partial charge in [0.1, 0.15) is 5.82 Å². The number of para-hydroxylation sites is 3. The molecule has 62 heavy (non-hydrogen) atoms. The highest BCUT2D eigenvalue weighted by molar-refractivity contribution is 6.09. The Kier molecular flexibility index (Phi) is 8.64. The molecule has 0 saturated carbocycles. The number of nitrogens with zero attached hydrogens (tertiary/aromatic N) is 3. The molecule has 12 rings (SSSR count). The molecule has 292 valence electrons. The minimum Gasteiger partial charge on any atom is -0.309 e. The zero-order valence-corrected chi connectivity index (χ0v) is 34.1. The molecule has 3 aromatic heterocycles. The molecule has 3 heteroatoms. The average Bonchev–Trinajstić information content (AvgIpc) is 3.87. The number of hydrogen-bond acceptors (Lipinski definition) is 1. The molecule has 0 amide bonds. The topological polar surface area (TPSA) is 22.8 Å². The zero-order valence-electron chi connectivity index (χ0n) is 34.1. The number of pyridine rings is 1.